The van der Waals surface area contributed by atoms with Crippen LogP contribution in [0.15, 0.2) is 23.4 Å². The first-order valence-corrected chi connectivity index (χ1v) is 5.32. The van der Waals surface area contributed by atoms with Crippen LogP contribution in [0.3, 0.4) is 0 Å². The number of amides is 2. The van der Waals surface area contributed by atoms with E-state index in [0.717, 1.165) is 0 Å². The summed E-state index contributed by atoms with van der Waals surface area (Å²) in [6.07, 6.45) is 2.10. The third-order valence-corrected chi connectivity index (χ3v) is 2.48. The fraction of sp³-hybridized carbons (Fsp3) is 0.200. The van der Waals surface area contributed by atoms with Crippen LogP contribution in [-0.4, -0.2) is 22.5 Å². The molecule has 2 amide bonds. The molecule has 1 aliphatic rings. The molecule has 0 aromatic carbocycles. The van der Waals surface area contributed by atoms with Crippen LogP contribution < -0.4 is 10.7 Å². The monoisotopic (exact) mass is 252 g/mol. The van der Waals surface area contributed by atoms with Crippen LogP contribution in [0.2, 0.25) is 5.15 Å². The Morgan fingerprint density at radius 2 is 2.29 bits per heavy atom. The standard InChI is InChI=1S/C10H9ClN4O2/c11-9-6(2-1-5-12-9)13-10(17)7-3-4-8(16)15-14-7/h1-2,5H,3-4H2,(H,13,17)(H,15,16). The maximum atomic E-state index is 11.7. The molecule has 17 heavy (non-hydrogen) atoms. The summed E-state index contributed by atoms with van der Waals surface area (Å²) in [6.45, 7) is 0. The van der Waals surface area contributed by atoms with Crippen molar-refractivity contribution < 1.29 is 9.59 Å². The quantitative estimate of drug-likeness (QED) is 0.769. The van der Waals surface area contributed by atoms with Gasteiger partial charge in [0.05, 0.1) is 5.69 Å². The van der Waals surface area contributed by atoms with E-state index >= 15 is 0 Å². The van der Waals surface area contributed by atoms with Gasteiger partial charge in [0, 0.05) is 19.0 Å². The van der Waals surface area contributed by atoms with Gasteiger partial charge in [-0.1, -0.05) is 11.6 Å². The molecule has 1 aliphatic heterocycles. The van der Waals surface area contributed by atoms with E-state index < -0.39 is 0 Å². The van der Waals surface area contributed by atoms with E-state index in [2.05, 4.69) is 20.8 Å². The molecular formula is C10H9ClN4O2. The minimum absolute atomic E-state index is 0.194. The summed E-state index contributed by atoms with van der Waals surface area (Å²) in [6, 6.07) is 3.29. The number of aromatic nitrogens is 1. The minimum atomic E-state index is -0.389. The molecule has 0 bridgehead atoms. The Bertz CT molecular complexity index is 501. The van der Waals surface area contributed by atoms with Crippen molar-refractivity contribution in [2.75, 3.05) is 5.32 Å². The Morgan fingerprint density at radius 3 is 2.94 bits per heavy atom. The second-order valence-electron chi connectivity index (χ2n) is 3.39. The van der Waals surface area contributed by atoms with Gasteiger partial charge in [-0.2, -0.15) is 5.10 Å². The number of hydrazone groups is 1. The fourth-order valence-corrected chi connectivity index (χ4v) is 1.48. The van der Waals surface area contributed by atoms with Crippen LogP contribution in [0.1, 0.15) is 12.8 Å². The van der Waals surface area contributed by atoms with E-state index in [1.807, 2.05) is 0 Å². The maximum absolute atomic E-state index is 11.7. The van der Waals surface area contributed by atoms with Crippen molar-refractivity contribution in [3.05, 3.63) is 23.5 Å². The van der Waals surface area contributed by atoms with Crippen molar-refractivity contribution in [2.24, 2.45) is 5.10 Å². The van der Waals surface area contributed by atoms with Gasteiger partial charge in [-0.05, 0) is 12.1 Å². The number of nitrogens with one attached hydrogen (secondary N) is 2. The number of hydrogen-bond acceptors (Lipinski definition) is 4. The molecule has 0 atom stereocenters. The second-order valence-corrected chi connectivity index (χ2v) is 3.75. The highest BCUT2D eigenvalue weighted by atomic mass is 35.5. The van der Waals surface area contributed by atoms with Crippen molar-refractivity contribution in [2.45, 2.75) is 12.8 Å². The molecule has 0 aliphatic carbocycles. The van der Waals surface area contributed by atoms with E-state index in [4.69, 9.17) is 11.6 Å². The average molecular weight is 253 g/mol. The van der Waals surface area contributed by atoms with Gasteiger partial charge in [0.2, 0.25) is 5.91 Å². The summed E-state index contributed by atoms with van der Waals surface area (Å²) in [4.78, 5) is 26.4. The Labute approximate surface area is 102 Å². The Kier molecular flexibility index (Phi) is 3.34. The minimum Gasteiger partial charge on any atom is -0.318 e. The zero-order valence-corrected chi connectivity index (χ0v) is 9.49. The van der Waals surface area contributed by atoms with Gasteiger partial charge < -0.3 is 5.32 Å². The summed E-state index contributed by atoms with van der Waals surface area (Å²) in [5.74, 6) is -0.583. The molecule has 88 valence electrons. The zero-order valence-electron chi connectivity index (χ0n) is 8.74. The van der Waals surface area contributed by atoms with Crippen LogP contribution in [-0.2, 0) is 9.59 Å². The Hall–Kier alpha value is -1.95. The highest BCUT2D eigenvalue weighted by Gasteiger charge is 2.18. The Balaban J connectivity index is 2.07. The molecule has 1 aromatic heterocycles. The van der Waals surface area contributed by atoms with Gasteiger partial charge in [0.25, 0.3) is 5.91 Å². The van der Waals surface area contributed by atoms with Crippen molar-refractivity contribution in [1.29, 1.82) is 0 Å². The molecule has 0 spiro atoms. The van der Waals surface area contributed by atoms with Crippen molar-refractivity contribution in [1.82, 2.24) is 10.4 Å². The second kappa shape index (κ2) is 4.92. The number of nitrogens with zero attached hydrogens (tertiary/aromatic N) is 2. The summed E-state index contributed by atoms with van der Waals surface area (Å²) < 4.78 is 0. The third kappa shape index (κ3) is 2.79. The summed E-state index contributed by atoms with van der Waals surface area (Å²) in [5.41, 5.74) is 2.94. The van der Waals surface area contributed by atoms with Crippen molar-refractivity contribution >= 4 is 34.8 Å². The molecule has 0 saturated carbocycles. The lowest BCUT2D eigenvalue weighted by Crippen LogP contribution is -2.32. The maximum Gasteiger partial charge on any atom is 0.271 e. The van der Waals surface area contributed by atoms with E-state index in [9.17, 15) is 9.59 Å². The van der Waals surface area contributed by atoms with Crippen molar-refractivity contribution in [3.63, 3.8) is 0 Å². The van der Waals surface area contributed by atoms with Gasteiger partial charge in [0.1, 0.15) is 5.71 Å². The number of carbonyl (C=O) groups excluding carboxylic acids is 2. The third-order valence-electron chi connectivity index (χ3n) is 2.17. The lowest BCUT2D eigenvalue weighted by atomic mass is 10.1. The molecule has 2 heterocycles. The number of anilines is 1. The fourth-order valence-electron chi connectivity index (χ4n) is 1.31. The summed E-state index contributed by atoms with van der Waals surface area (Å²) in [5, 5.41) is 6.47. The Morgan fingerprint density at radius 1 is 1.47 bits per heavy atom. The molecule has 0 saturated heterocycles. The lowest BCUT2D eigenvalue weighted by Gasteiger charge is -2.12. The number of carbonyl (C=O) groups is 2. The topological polar surface area (TPSA) is 83.5 Å². The predicted octanol–water partition coefficient (Wildman–Crippen LogP) is 0.939. The average Bonchev–Trinajstić information content (AvgIpc) is 2.33. The molecule has 0 radical (unpaired) electrons. The highest BCUT2D eigenvalue weighted by molar-refractivity contribution is 6.44. The highest BCUT2D eigenvalue weighted by Crippen LogP contribution is 2.17. The molecular weight excluding hydrogens is 244 g/mol. The SMILES string of the molecule is O=C1CCC(C(=O)Nc2cccnc2Cl)=NN1. The number of pyridine rings is 1. The molecule has 7 heteroatoms. The zero-order chi connectivity index (χ0) is 12.3. The van der Waals surface area contributed by atoms with Gasteiger partial charge in [0.15, 0.2) is 5.15 Å². The van der Waals surface area contributed by atoms with Crippen LogP contribution in [0.25, 0.3) is 0 Å². The van der Waals surface area contributed by atoms with E-state index in [1.165, 1.54) is 6.20 Å². The molecule has 2 N–H and O–H groups in total. The molecule has 1 aromatic rings. The molecule has 0 fully saturated rings. The van der Waals surface area contributed by atoms with E-state index in [-0.39, 0.29) is 29.1 Å². The number of hydrogen-bond donors (Lipinski definition) is 2. The first-order valence-electron chi connectivity index (χ1n) is 4.94. The van der Waals surface area contributed by atoms with Gasteiger partial charge >= 0.3 is 0 Å². The summed E-state index contributed by atoms with van der Waals surface area (Å²) >= 11 is 5.79. The van der Waals surface area contributed by atoms with Crippen LogP contribution >= 0.6 is 11.6 Å². The van der Waals surface area contributed by atoms with Crippen molar-refractivity contribution in [3.8, 4) is 0 Å². The first-order chi connectivity index (χ1) is 8.16. The lowest BCUT2D eigenvalue weighted by molar-refractivity contribution is -0.121. The van der Waals surface area contributed by atoms with Crippen LogP contribution in [0.4, 0.5) is 5.69 Å². The molecule has 6 nitrogen and oxygen atoms in total. The number of halogens is 1. The normalized spacial score (nSPS) is 14.9. The van der Waals surface area contributed by atoms with Crippen LogP contribution in [0, 0.1) is 0 Å². The van der Waals surface area contributed by atoms with E-state index in [1.54, 1.807) is 12.1 Å². The smallest absolute Gasteiger partial charge is 0.271 e. The van der Waals surface area contributed by atoms with Gasteiger partial charge in [-0.25, -0.2) is 10.4 Å². The van der Waals surface area contributed by atoms with E-state index in [0.29, 0.717) is 12.1 Å². The molecule has 2 rings (SSSR count). The van der Waals surface area contributed by atoms with Gasteiger partial charge in [-0.15, -0.1) is 0 Å². The van der Waals surface area contributed by atoms with Crippen LogP contribution in [0.5, 0.6) is 0 Å². The summed E-state index contributed by atoms with van der Waals surface area (Å²) in [7, 11) is 0. The first kappa shape index (κ1) is 11.5. The largest absolute Gasteiger partial charge is 0.318 e. The number of rotatable bonds is 2. The van der Waals surface area contributed by atoms with Gasteiger partial charge in [-0.3, -0.25) is 9.59 Å². The molecule has 0 unspecified atom stereocenters. The predicted molar refractivity (Wildman–Crippen MR) is 62.7 cm³/mol.